The molecule has 1 aromatic rings. The van der Waals surface area contributed by atoms with Crippen molar-refractivity contribution in [3.05, 3.63) is 18.5 Å². The molecule has 1 atom stereocenters. The molecule has 0 spiro atoms. The van der Waals surface area contributed by atoms with Gasteiger partial charge in [0.2, 0.25) is 11.9 Å². The Kier molecular flexibility index (Phi) is 5.15. The highest BCUT2D eigenvalue weighted by molar-refractivity contribution is 5.79. The summed E-state index contributed by atoms with van der Waals surface area (Å²) in [5.74, 6) is 2.82. The van der Waals surface area contributed by atoms with Crippen LogP contribution in [0.3, 0.4) is 0 Å². The fourth-order valence-electron chi connectivity index (χ4n) is 4.60. The van der Waals surface area contributed by atoms with Crippen LogP contribution in [0, 0.1) is 17.8 Å². The second kappa shape index (κ2) is 7.68. The fraction of sp³-hybridized carbons (Fsp3) is 0.737. The summed E-state index contributed by atoms with van der Waals surface area (Å²) >= 11 is 0. The summed E-state index contributed by atoms with van der Waals surface area (Å²) in [6, 6.07) is 1.86. The van der Waals surface area contributed by atoms with E-state index in [1.807, 2.05) is 18.5 Å². The average molecular weight is 344 g/mol. The molecule has 6 nitrogen and oxygen atoms in total. The Morgan fingerprint density at radius 3 is 2.36 bits per heavy atom. The molecule has 136 valence electrons. The molecular formula is C19H28N4O2. The van der Waals surface area contributed by atoms with Crippen LogP contribution in [0.5, 0.6) is 0 Å². The zero-order chi connectivity index (χ0) is 17.1. The molecule has 4 heterocycles. The highest BCUT2D eigenvalue weighted by Gasteiger charge is 2.36. The van der Waals surface area contributed by atoms with Crippen molar-refractivity contribution in [1.29, 1.82) is 0 Å². The minimum Gasteiger partial charge on any atom is -0.381 e. The van der Waals surface area contributed by atoms with Crippen LogP contribution in [-0.2, 0) is 9.53 Å². The molecule has 0 unspecified atom stereocenters. The first-order valence-corrected chi connectivity index (χ1v) is 9.70. The van der Waals surface area contributed by atoms with E-state index in [4.69, 9.17) is 4.74 Å². The summed E-state index contributed by atoms with van der Waals surface area (Å²) in [6.45, 7) is 5.45. The summed E-state index contributed by atoms with van der Waals surface area (Å²) in [4.78, 5) is 25.9. The Bertz CT molecular complexity index is 568. The number of ether oxygens (including phenoxy) is 1. The Hall–Kier alpha value is -1.69. The first kappa shape index (κ1) is 16.8. The van der Waals surface area contributed by atoms with E-state index in [9.17, 15) is 4.79 Å². The number of likely N-dealkylation sites (tertiary alicyclic amines) is 1. The molecule has 0 bridgehead atoms. The summed E-state index contributed by atoms with van der Waals surface area (Å²) in [7, 11) is 0. The molecule has 3 aliphatic heterocycles. The van der Waals surface area contributed by atoms with Gasteiger partial charge in [0.25, 0.3) is 0 Å². The molecule has 3 saturated heterocycles. The van der Waals surface area contributed by atoms with Crippen molar-refractivity contribution in [2.24, 2.45) is 17.8 Å². The molecule has 1 amide bonds. The zero-order valence-electron chi connectivity index (χ0n) is 14.8. The van der Waals surface area contributed by atoms with Crippen molar-refractivity contribution < 1.29 is 9.53 Å². The third-order valence-electron chi connectivity index (χ3n) is 6.15. The Balaban J connectivity index is 1.27. The van der Waals surface area contributed by atoms with Crippen molar-refractivity contribution in [1.82, 2.24) is 14.9 Å². The number of nitrogens with zero attached hydrogens (tertiary/aromatic N) is 4. The third-order valence-corrected chi connectivity index (χ3v) is 6.15. The summed E-state index contributed by atoms with van der Waals surface area (Å²) in [6.07, 6.45) is 8.95. The van der Waals surface area contributed by atoms with Crippen LogP contribution in [0.1, 0.15) is 32.1 Å². The minimum atomic E-state index is 0.199. The van der Waals surface area contributed by atoms with Gasteiger partial charge in [0.1, 0.15) is 0 Å². The number of hydrogen-bond donors (Lipinski definition) is 0. The number of rotatable bonds is 3. The second-order valence-corrected chi connectivity index (χ2v) is 7.59. The third kappa shape index (κ3) is 3.78. The highest BCUT2D eigenvalue weighted by Crippen LogP contribution is 2.33. The summed E-state index contributed by atoms with van der Waals surface area (Å²) < 4.78 is 5.39. The SMILES string of the molecule is O=C(C1CCOCC1)N1CC[C@@H](C2CCN(c3ncccn3)CC2)C1. The molecule has 6 heteroatoms. The predicted molar refractivity (Wildman–Crippen MR) is 95.2 cm³/mol. The van der Waals surface area contributed by atoms with Gasteiger partial charge in [0.05, 0.1) is 0 Å². The lowest BCUT2D eigenvalue weighted by Gasteiger charge is -2.35. The van der Waals surface area contributed by atoms with Crippen molar-refractivity contribution in [3.8, 4) is 0 Å². The molecule has 4 rings (SSSR count). The summed E-state index contributed by atoms with van der Waals surface area (Å²) in [5.41, 5.74) is 0. The number of hydrogen-bond acceptors (Lipinski definition) is 5. The molecule has 0 aromatic carbocycles. The van der Waals surface area contributed by atoms with Gasteiger partial charge in [-0.2, -0.15) is 0 Å². The normalized spacial score (nSPS) is 26.2. The number of carbonyl (C=O) groups is 1. The minimum absolute atomic E-state index is 0.199. The largest absolute Gasteiger partial charge is 0.381 e. The lowest BCUT2D eigenvalue weighted by Crippen LogP contribution is -2.39. The monoisotopic (exact) mass is 344 g/mol. The second-order valence-electron chi connectivity index (χ2n) is 7.59. The number of amides is 1. The lowest BCUT2D eigenvalue weighted by atomic mass is 9.84. The van der Waals surface area contributed by atoms with Crippen molar-refractivity contribution in [3.63, 3.8) is 0 Å². The first-order valence-electron chi connectivity index (χ1n) is 9.70. The number of anilines is 1. The Morgan fingerprint density at radius 2 is 1.64 bits per heavy atom. The van der Waals surface area contributed by atoms with Crippen LogP contribution >= 0.6 is 0 Å². The van der Waals surface area contributed by atoms with Crippen molar-refractivity contribution >= 4 is 11.9 Å². The Labute approximate surface area is 149 Å². The number of aromatic nitrogens is 2. The van der Waals surface area contributed by atoms with E-state index < -0.39 is 0 Å². The van der Waals surface area contributed by atoms with Gasteiger partial charge in [-0.15, -0.1) is 0 Å². The van der Waals surface area contributed by atoms with Gasteiger partial charge in [-0.05, 0) is 50.0 Å². The molecule has 0 aliphatic carbocycles. The molecule has 0 radical (unpaired) electrons. The van der Waals surface area contributed by atoms with Crippen molar-refractivity contribution in [2.45, 2.75) is 32.1 Å². The van der Waals surface area contributed by atoms with Gasteiger partial charge in [0.15, 0.2) is 0 Å². The van der Waals surface area contributed by atoms with Crippen molar-refractivity contribution in [2.75, 3.05) is 44.3 Å². The van der Waals surface area contributed by atoms with Crippen LogP contribution in [0.2, 0.25) is 0 Å². The Morgan fingerprint density at radius 1 is 0.960 bits per heavy atom. The number of carbonyl (C=O) groups excluding carboxylic acids is 1. The molecule has 0 N–H and O–H groups in total. The smallest absolute Gasteiger partial charge is 0.225 e. The van der Waals surface area contributed by atoms with E-state index in [1.165, 1.54) is 19.3 Å². The van der Waals surface area contributed by atoms with Gasteiger partial charge in [-0.1, -0.05) is 0 Å². The molecule has 3 aliphatic rings. The lowest BCUT2D eigenvalue weighted by molar-refractivity contribution is -0.137. The maximum Gasteiger partial charge on any atom is 0.225 e. The molecule has 3 fully saturated rings. The topological polar surface area (TPSA) is 58.6 Å². The van der Waals surface area contributed by atoms with Crippen LogP contribution in [0.15, 0.2) is 18.5 Å². The maximum absolute atomic E-state index is 12.7. The van der Waals surface area contributed by atoms with Crippen LogP contribution in [-0.4, -0.2) is 60.2 Å². The highest BCUT2D eigenvalue weighted by atomic mass is 16.5. The molecule has 0 saturated carbocycles. The number of piperidine rings is 1. The fourth-order valence-corrected chi connectivity index (χ4v) is 4.60. The van der Waals surface area contributed by atoms with Crippen LogP contribution in [0.4, 0.5) is 5.95 Å². The zero-order valence-corrected chi connectivity index (χ0v) is 14.8. The maximum atomic E-state index is 12.7. The molecular weight excluding hydrogens is 316 g/mol. The van der Waals surface area contributed by atoms with Gasteiger partial charge >= 0.3 is 0 Å². The summed E-state index contributed by atoms with van der Waals surface area (Å²) in [5, 5.41) is 0. The van der Waals surface area contributed by atoms with E-state index in [0.29, 0.717) is 11.8 Å². The van der Waals surface area contributed by atoms with Gasteiger partial charge < -0.3 is 14.5 Å². The predicted octanol–water partition coefficient (Wildman–Crippen LogP) is 1.97. The van der Waals surface area contributed by atoms with Gasteiger partial charge in [-0.3, -0.25) is 4.79 Å². The molecule has 1 aromatic heterocycles. The van der Waals surface area contributed by atoms with E-state index in [1.54, 1.807) is 0 Å². The van der Waals surface area contributed by atoms with Gasteiger partial charge in [-0.25, -0.2) is 9.97 Å². The first-order chi connectivity index (χ1) is 12.3. The van der Waals surface area contributed by atoms with E-state index >= 15 is 0 Å². The van der Waals surface area contributed by atoms with E-state index in [-0.39, 0.29) is 5.92 Å². The average Bonchev–Trinajstić information content (AvgIpc) is 3.19. The standard InChI is InChI=1S/C19H28N4O2/c24-18(16-5-12-25-13-6-16)23-11-4-17(14-23)15-2-9-22(10-3-15)19-20-7-1-8-21-19/h1,7-8,15-17H,2-6,9-14H2/t17-/m1/s1. The van der Waals surface area contributed by atoms with Crippen LogP contribution in [0.25, 0.3) is 0 Å². The van der Waals surface area contributed by atoms with Gasteiger partial charge in [0, 0.05) is 57.7 Å². The van der Waals surface area contributed by atoms with Crippen LogP contribution < -0.4 is 4.90 Å². The van der Waals surface area contributed by atoms with E-state index in [2.05, 4.69) is 19.8 Å². The molecule has 25 heavy (non-hydrogen) atoms. The van der Waals surface area contributed by atoms with E-state index in [0.717, 1.165) is 64.1 Å². The quantitative estimate of drug-likeness (QED) is 0.839.